The monoisotopic (exact) mass is 674 g/mol. The molecule has 0 aliphatic carbocycles. The maximum atomic E-state index is 11.9. The quantitative estimate of drug-likeness (QED) is 0.114. The van der Waals surface area contributed by atoms with E-state index in [-0.39, 0.29) is 36.1 Å². The van der Waals surface area contributed by atoms with E-state index in [0.29, 0.717) is 11.1 Å². The van der Waals surface area contributed by atoms with Crippen LogP contribution in [0.2, 0.25) is 0 Å². The molecule has 0 radical (unpaired) electrons. The maximum absolute atomic E-state index is 11.9. The molecule has 0 aromatic heterocycles. The van der Waals surface area contributed by atoms with Crippen LogP contribution < -0.4 is 41.8 Å². The van der Waals surface area contributed by atoms with Crippen LogP contribution in [0.25, 0.3) is 0 Å². The fraction of sp³-hybridized carbons (Fsp3) is 0.200. The van der Waals surface area contributed by atoms with Crippen LogP contribution >= 0.6 is 0 Å². The Morgan fingerprint density at radius 2 is 0.740 bits per heavy atom. The van der Waals surface area contributed by atoms with E-state index >= 15 is 0 Å². The Balaban J connectivity index is 0.000000194. The predicted octanol–water partition coefficient (Wildman–Crippen LogP) is 5.14. The summed E-state index contributed by atoms with van der Waals surface area (Å²) in [4.78, 5) is 47.3. The van der Waals surface area contributed by atoms with E-state index in [9.17, 15) is 29.4 Å². The molecule has 6 aromatic carbocycles. The van der Waals surface area contributed by atoms with Gasteiger partial charge in [-0.3, -0.25) is 19.2 Å². The van der Waals surface area contributed by atoms with Gasteiger partial charge in [0.1, 0.15) is 23.6 Å². The fourth-order valence-corrected chi connectivity index (χ4v) is 5.57. The second kappa shape index (κ2) is 16.5. The Morgan fingerprint density at radius 1 is 0.460 bits per heavy atom. The number of anilines is 2. The molecule has 256 valence electrons. The van der Waals surface area contributed by atoms with Gasteiger partial charge in [-0.15, -0.1) is 0 Å². The van der Waals surface area contributed by atoms with Crippen molar-refractivity contribution in [1.29, 1.82) is 0 Å². The van der Waals surface area contributed by atoms with Gasteiger partial charge in [-0.25, -0.2) is 0 Å². The summed E-state index contributed by atoms with van der Waals surface area (Å²) in [5.41, 5.74) is 0.751. The molecule has 0 saturated carbocycles. The second-order valence-corrected chi connectivity index (χ2v) is 11.4. The molecule has 0 heterocycles. The Morgan fingerprint density at radius 3 is 1.02 bits per heavy atom. The van der Waals surface area contributed by atoms with Crippen LogP contribution in [0, 0.1) is 0 Å². The van der Waals surface area contributed by atoms with E-state index < -0.39 is 46.0 Å². The van der Waals surface area contributed by atoms with Crippen LogP contribution in [0.4, 0.5) is 11.4 Å². The lowest BCUT2D eigenvalue weighted by Crippen LogP contribution is -2.37. The summed E-state index contributed by atoms with van der Waals surface area (Å²) in [6, 6.07) is 35.7. The lowest BCUT2D eigenvalue weighted by molar-refractivity contribution is 0.154. The van der Waals surface area contributed by atoms with E-state index in [0.717, 1.165) is 11.1 Å². The summed E-state index contributed by atoms with van der Waals surface area (Å²) in [5.74, 6) is 0.0717. The molecule has 0 bridgehead atoms. The van der Waals surface area contributed by atoms with Crippen LogP contribution in [0.1, 0.15) is 60.4 Å². The van der Waals surface area contributed by atoms with E-state index in [2.05, 4.69) is 10.6 Å². The summed E-state index contributed by atoms with van der Waals surface area (Å²) >= 11 is 0. The van der Waals surface area contributed by atoms with Crippen molar-refractivity contribution in [2.45, 2.75) is 38.1 Å². The van der Waals surface area contributed by atoms with Gasteiger partial charge in [0.15, 0.2) is 11.5 Å². The lowest BCUT2D eigenvalue weighted by atomic mass is 9.95. The molecule has 50 heavy (non-hydrogen) atoms. The van der Waals surface area contributed by atoms with Crippen molar-refractivity contribution in [1.82, 2.24) is 0 Å². The smallest absolute Gasteiger partial charge is 0.272 e. The van der Waals surface area contributed by atoms with Crippen LogP contribution in [0.3, 0.4) is 0 Å². The van der Waals surface area contributed by atoms with Gasteiger partial charge in [-0.2, -0.15) is 0 Å². The first-order valence-corrected chi connectivity index (χ1v) is 16.3. The number of hydrogen-bond acceptors (Lipinski definition) is 10. The fourth-order valence-electron chi connectivity index (χ4n) is 5.57. The van der Waals surface area contributed by atoms with Crippen molar-refractivity contribution in [3.05, 3.63) is 184 Å². The minimum absolute atomic E-state index is 0.0358. The highest BCUT2D eigenvalue weighted by atomic mass is 16.5. The molecule has 10 heteroatoms. The van der Waals surface area contributed by atoms with Gasteiger partial charge in [0.25, 0.3) is 21.7 Å². The number of benzene rings is 4. The Hall–Kier alpha value is -5.84. The van der Waals surface area contributed by atoms with E-state index in [1.54, 1.807) is 13.8 Å². The van der Waals surface area contributed by atoms with Crippen molar-refractivity contribution in [2.75, 3.05) is 23.8 Å². The molecule has 4 N–H and O–H groups in total. The Labute approximate surface area is 288 Å². The first-order valence-electron chi connectivity index (χ1n) is 16.3. The molecular formula is C40H38N2O8. The summed E-state index contributed by atoms with van der Waals surface area (Å²) in [6.07, 6.45) is -1.80. The van der Waals surface area contributed by atoms with Crippen LogP contribution in [-0.4, -0.2) is 23.4 Å². The van der Waals surface area contributed by atoms with Crippen molar-refractivity contribution in [3.8, 4) is 11.5 Å². The molecule has 0 saturated heterocycles. The number of aliphatic hydroxyl groups excluding tert-OH is 2. The predicted molar refractivity (Wildman–Crippen MR) is 193 cm³/mol. The zero-order valence-electron chi connectivity index (χ0n) is 27.6. The summed E-state index contributed by atoms with van der Waals surface area (Å²) in [7, 11) is 0. The van der Waals surface area contributed by atoms with Crippen LogP contribution in [0.5, 0.6) is 11.5 Å². The molecule has 6 aromatic rings. The molecule has 0 spiro atoms. The number of aliphatic hydroxyl groups is 2. The van der Waals surface area contributed by atoms with Gasteiger partial charge in [0.2, 0.25) is 0 Å². The van der Waals surface area contributed by atoms with E-state index in [4.69, 9.17) is 9.47 Å². The topological polar surface area (TPSA) is 151 Å². The number of ether oxygens (including phenoxy) is 2. The van der Waals surface area contributed by atoms with Crippen LogP contribution in [0.15, 0.2) is 141 Å². The van der Waals surface area contributed by atoms with Gasteiger partial charge in [-0.05, 0) is 36.1 Å². The molecule has 4 atom stereocenters. The zero-order valence-corrected chi connectivity index (χ0v) is 27.6. The zero-order chi connectivity index (χ0) is 35.6. The lowest BCUT2D eigenvalue weighted by Gasteiger charge is -2.27. The van der Waals surface area contributed by atoms with Gasteiger partial charge in [0, 0.05) is 0 Å². The first-order chi connectivity index (χ1) is 24.3. The summed E-state index contributed by atoms with van der Waals surface area (Å²) < 4.78 is 10.5. The molecule has 10 nitrogen and oxygen atoms in total. The minimum Gasteiger partial charge on any atom is -0.488 e. The third-order valence-electron chi connectivity index (χ3n) is 8.14. The number of hydrogen-bond donors (Lipinski definition) is 4. The van der Waals surface area contributed by atoms with Gasteiger partial charge < -0.3 is 30.3 Å². The summed E-state index contributed by atoms with van der Waals surface area (Å²) in [6.45, 7) is 4.07. The minimum atomic E-state index is -0.900. The normalized spacial score (nSPS) is 13.4. The number of nitrogens with one attached hydrogen (secondary N) is 2. The largest absolute Gasteiger partial charge is 0.488 e. The third-order valence-corrected chi connectivity index (χ3v) is 8.14. The number of rotatable bonds is 14. The average molecular weight is 675 g/mol. The highest BCUT2D eigenvalue weighted by molar-refractivity contribution is 5.64. The van der Waals surface area contributed by atoms with E-state index in [1.807, 2.05) is 121 Å². The van der Waals surface area contributed by atoms with Crippen LogP contribution in [-0.2, 0) is 0 Å². The molecule has 0 fully saturated rings. The maximum Gasteiger partial charge on any atom is 0.272 e. The standard InChI is InChI=1S/2C20H19NO4/c2*1-2-25-20-16(18(23)19(20)24)21-15(13-9-5-3-6-10-13)17(22)14-11-7-4-8-12-14/h2*3-12,15,17,21-22H,2H2,1H3/t2*15-,17+/m11/s1. The molecule has 0 amide bonds. The van der Waals surface area contributed by atoms with Gasteiger partial charge >= 0.3 is 0 Å². The molecular weight excluding hydrogens is 636 g/mol. The Bertz CT molecular complexity index is 1950. The summed E-state index contributed by atoms with van der Waals surface area (Å²) in [5, 5.41) is 27.7. The molecule has 0 aliphatic rings. The third kappa shape index (κ3) is 7.72. The van der Waals surface area contributed by atoms with Crippen molar-refractivity contribution < 1.29 is 19.7 Å². The van der Waals surface area contributed by atoms with Crippen molar-refractivity contribution >= 4 is 11.4 Å². The molecule has 0 aliphatic heterocycles. The van der Waals surface area contributed by atoms with E-state index in [1.165, 1.54) is 0 Å². The van der Waals surface area contributed by atoms with Crippen molar-refractivity contribution in [3.63, 3.8) is 0 Å². The van der Waals surface area contributed by atoms with Gasteiger partial charge in [-0.1, -0.05) is 121 Å². The SMILES string of the molecule is CCOc1c(N[C@H](c2ccccc2)[C@@H](O)c2ccccc2)c(=O)c1=O.CCOc1c(N[C@H](c2ccccc2)[C@@H](O)c2ccccc2)c(=O)c1=O. The Kier molecular flexibility index (Phi) is 11.7. The van der Waals surface area contributed by atoms with Gasteiger partial charge in [0.05, 0.1) is 25.3 Å². The average Bonchev–Trinajstić information content (AvgIpc) is 3.18. The highest BCUT2D eigenvalue weighted by Gasteiger charge is 2.31. The molecule has 0 unspecified atom stereocenters. The highest BCUT2D eigenvalue weighted by Crippen LogP contribution is 2.35. The first kappa shape index (κ1) is 35.5. The second-order valence-electron chi connectivity index (χ2n) is 11.4. The molecule has 6 rings (SSSR count). The van der Waals surface area contributed by atoms with Crippen molar-refractivity contribution in [2.24, 2.45) is 0 Å².